The van der Waals surface area contributed by atoms with Gasteiger partial charge in [-0.25, -0.2) is 5.43 Å². The number of hydrogen-bond acceptors (Lipinski definition) is 3. The lowest BCUT2D eigenvalue weighted by Gasteiger charge is -2.02. The molecule has 0 aliphatic carbocycles. The largest absolute Gasteiger partial charge is 0.341 e. The molecule has 4 nitrogen and oxygen atoms in total. The molecule has 1 amide bonds. The first-order valence-corrected chi connectivity index (χ1v) is 9.49. The molecule has 0 atom stereocenters. The Labute approximate surface area is 155 Å². The van der Waals surface area contributed by atoms with Crippen LogP contribution in [0.4, 0.5) is 0 Å². The Morgan fingerprint density at radius 3 is 2.77 bits per heavy atom. The summed E-state index contributed by atoms with van der Waals surface area (Å²) in [4.78, 5) is 12.9. The van der Waals surface area contributed by atoms with Gasteiger partial charge in [0.05, 0.1) is 12.6 Å². The third kappa shape index (κ3) is 3.13. The Morgan fingerprint density at radius 1 is 1.12 bits per heavy atom. The van der Waals surface area contributed by atoms with Crippen LogP contribution in [0.15, 0.2) is 65.1 Å². The van der Waals surface area contributed by atoms with E-state index in [2.05, 4.69) is 58.4 Å². The number of amides is 1. The molecule has 2 aromatic heterocycles. The summed E-state index contributed by atoms with van der Waals surface area (Å²) in [5.41, 5.74) is 6.02. The van der Waals surface area contributed by atoms with Gasteiger partial charge in [-0.1, -0.05) is 30.3 Å². The number of para-hydroxylation sites is 1. The van der Waals surface area contributed by atoms with Crippen molar-refractivity contribution in [3.8, 4) is 0 Å². The number of aryl methyl sites for hydroxylation is 1. The van der Waals surface area contributed by atoms with Crippen LogP contribution in [-0.2, 0) is 17.8 Å². The van der Waals surface area contributed by atoms with Crippen LogP contribution in [0.2, 0.25) is 0 Å². The third-order valence-electron chi connectivity index (χ3n) is 4.43. The molecule has 2 aromatic carbocycles. The Balaban J connectivity index is 1.57. The highest BCUT2D eigenvalue weighted by Crippen LogP contribution is 2.29. The van der Waals surface area contributed by atoms with E-state index in [-0.39, 0.29) is 5.91 Å². The van der Waals surface area contributed by atoms with Crippen molar-refractivity contribution < 1.29 is 4.79 Å². The topological polar surface area (TPSA) is 46.4 Å². The number of rotatable bonds is 5. The Bertz CT molecular complexity index is 1090. The lowest BCUT2D eigenvalue weighted by atomic mass is 10.1. The third-order valence-corrected chi connectivity index (χ3v) is 5.31. The fourth-order valence-electron chi connectivity index (χ4n) is 3.28. The van der Waals surface area contributed by atoms with Gasteiger partial charge < -0.3 is 4.57 Å². The number of fused-ring (bicyclic) bond motifs is 3. The maximum atomic E-state index is 11.9. The first-order valence-electron chi connectivity index (χ1n) is 8.61. The summed E-state index contributed by atoms with van der Waals surface area (Å²) in [6.07, 6.45) is 2.06. The highest BCUT2D eigenvalue weighted by atomic mass is 32.1. The van der Waals surface area contributed by atoms with Gasteiger partial charge in [0.1, 0.15) is 0 Å². The molecule has 0 fully saturated rings. The van der Waals surface area contributed by atoms with Crippen molar-refractivity contribution in [3.63, 3.8) is 0 Å². The van der Waals surface area contributed by atoms with Crippen molar-refractivity contribution >= 4 is 45.3 Å². The van der Waals surface area contributed by atoms with Gasteiger partial charge in [-0.2, -0.15) is 5.10 Å². The highest BCUT2D eigenvalue weighted by Gasteiger charge is 2.09. The second-order valence-electron chi connectivity index (χ2n) is 6.09. The molecule has 130 valence electrons. The summed E-state index contributed by atoms with van der Waals surface area (Å²) in [7, 11) is 0. The van der Waals surface area contributed by atoms with E-state index in [1.165, 1.54) is 21.8 Å². The molecule has 4 aromatic rings. The molecule has 1 N–H and O–H groups in total. The maximum Gasteiger partial charge on any atom is 0.245 e. The van der Waals surface area contributed by atoms with E-state index >= 15 is 0 Å². The van der Waals surface area contributed by atoms with Crippen LogP contribution < -0.4 is 5.43 Å². The molecule has 0 bridgehead atoms. The monoisotopic (exact) mass is 361 g/mol. The Hall–Kier alpha value is -2.92. The zero-order valence-electron chi connectivity index (χ0n) is 14.5. The minimum Gasteiger partial charge on any atom is -0.341 e. The molecule has 4 rings (SSSR count). The van der Waals surface area contributed by atoms with Crippen molar-refractivity contribution in [2.24, 2.45) is 5.10 Å². The Morgan fingerprint density at radius 2 is 1.96 bits per heavy atom. The van der Waals surface area contributed by atoms with Gasteiger partial charge in [0.15, 0.2) is 0 Å². The standard InChI is InChI=1S/C21H19N3OS/c1-2-24-19-8-4-3-7-17(19)18-12-15(9-10-20(18)24)14-22-23-21(25)13-16-6-5-11-26-16/h3-12,14H,2,13H2,1H3,(H,23,25)/b22-14+. The number of benzene rings is 2. The van der Waals surface area contributed by atoms with Gasteiger partial charge >= 0.3 is 0 Å². The molecule has 0 saturated carbocycles. The van der Waals surface area contributed by atoms with E-state index in [0.717, 1.165) is 17.0 Å². The fraction of sp³-hybridized carbons (Fsp3) is 0.143. The molecular formula is C21H19N3OS. The van der Waals surface area contributed by atoms with Gasteiger partial charge in [-0.05, 0) is 42.1 Å². The van der Waals surface area contributed by atoms with Gasteiger partial charge in [-0.3, -0.25) is 4.79 Å². The number of nitrogens with zero attached hydrogens (tertiary/aromatic N) is 2. The van der Waals surface area contributed by atoms with Gasteiger partial charge in [0.2, 0.25) is 5.91 Å². The predicted molar refractivity (Wildman–Crippen MR) is 109 cm³/mol. The van der Waals surface area contributed by atoms with Gasteiger partial charge in [-0.15, -0.1) is 11.3 Å². The smallest absolute Gasteiger partial charge is 0.245 e. The zero-order chi connectivity index (χ0) is 17.9. The van der Waals surface area contributed by atoms with Gasteiger partial charge in [0, 0.05) is 33.2 Å². The lowest BCUT2D eigenvalue weighted by Crippen LogP contribution is -2.19. The molecule has 2 heterocycles. The zero-order valence-corrected chi connectivity index (χ0v) is 15.3. The van der Waals surface area contributed by atoms with Crippen molar-refractivity contribution in [2.45, 2.75) is 19.9 Å². The van der Waals surface area contributed by atoms with E-state index in [9.17, 15) is 4.79 Å². The van der Waals surface area contributed by atoms with E-state index in [1.54, 1.807) is 17.6 Å². The molecule has 5 heteroatoms. The minimum absolute atomic E-state index is 0.104. The van der Waals surface area contributed by atoms with E-state index in [1.807, 2.05) is 23.6 Å². The van der Waals surface area contributed by atoms with E-state index in [0.29, 0.717) is 6.42 Å². The van der Waals surface area contributed by atoms with Gasteiger partial charge in [0.25, 0.3) is 0 Å². The molecule has 0 saturated heterocycles. The van der Waals surface area contributed by atoms with Crippen molar-refractivity contribution in [3.05, 3.63) is 70.4 Å². The number of hydrazone groups is 1. The van der Waals surface area contributed by atoms with Crippen LogP contribution in [0.25, 0.3) is 21.8 Å². The maximum absolute atomic E-state index is 11.9. The minimum atomic E-state index is -0.104. The average Bonchev–Trinajstić information content (AvgIpc) is 3.27. The number of thiophene rings is 1. The van der Waals surface area contributed by atoms with Crippen LogP contribution in [0.5, 0.6) is 0 Å². The van der Waals surface area contributed by atoms with Crippen LogP contribution in [0, 0.1) is 0 Å². The quantitative estimate of drug-likeness (QED) is 0.411. The molecule has 0 aliphatic rings. The van der Waals surface area contributed by atoms with Crippen LogP contribution in [0.3, 0.4) is 0 Å². The van der Waals surface area contributed by atoms with Crippen LogP contribution >= 0.6 is 11.3 Å². The van der Waals surface area contributed by atoms with Crippen LogP contribution in [-0.4, -0.2) is 16.7 Å². The number of carbonyl (C=O) groups excluding carboxylic acids is 1. The van der Waals surface area contributed by atoms with E-state index < -0.39 is 0 Å². The molecular weight excluding hydrogens is 342 g/mol. The summed E-state index contributed by atoms with van der Waals surface area (Å²) < 4.78 is 2.31. The number of aromatic nitrogens is 1. The SMILES string of the molecule is CCn1c2ccccc2c2cc(/C=N/NC(=O)Cc3cccs3)ccc21. The normalized spacial score (nSPS) is 11.6. The first-order chi connectivity index (χ1) is 12.8. The highest BCUT2D eigenvalue weighted by molar-refractivity contribution is 7.10. The fourth-order valence-corrected chi connectivity index (χ4v) is 3.99. The first kappa shape index (κ1) is 16.5. The second kappa shape index (κ2) is 7.14. The summed E-state index contributed by atoms with van der Waals surface area (Å²) in [5.74, 6) is -0.104. The van der Waals surface area contributed by atoms with Crippen molar-refractivity contribution in [2.75, 3.05) is 0 Å². The second-order valence-corrected chi connectivity index (χ2v) is 7.12. The average molecular weight is 361 g/mol. The molecule has 0 aliphatic heterocycles. The summed E-state index contributed by atoms with van der Waals surface area (Å²) >= 11 is 1.57. The number of nitrogens with one attached hydrogen (secondary N) is 1. The summed E-state index contributed by atoms with van der Waals surface area (Å²) in [6, 6.07) is 18.6. The number of hydrogen-bond donors (Lipinski definition) is 1. The molecule has 0 unspecified atom stereocenters. The number of carbonyl (C=O) groups is 1. The summed E-state index contributed by atoms with van der Waals surface area (Å²) in [5, 5.41) is 8.52. The molecule has 0 radical (unpaired) electrons. The van der Waals surface area contributed by atoms with Crippen molar-refractivity contribution in [1.82, 2.24) is 9.99 Å². The predicted octanol–water partition coefficient (Wildman–Crippen LogP) is 4.57. The Kier molecular flexibility index (Phi) is 4.54. The summed E-state index contributed by atoms with van der Waals surface area (Å²) in [6.45, 7) is 3.08. The van der Waals surface area contributed by atoms with Crippen LogP contribution in [0.1, 0.15) is 17.4 Å². The molecule has 0 spiro atoms. The van der Waals surface area contributed by atoms with Crippen molar-refractivity contribution in [1.29, 1.82) is 0 Å². The molecule has 26 heavy (non-hydrogen) atoms. The lowest BCUT2D eigenvalue weighted by molar-refractivity contribution is -0.120. The van der Waals surface area contributed by atoms with E-state index in [4.69, 9.17) is 0 Å².